The molecule has 0 saturated carbocycles. The van der Waals surface area contributed by atoms with Crippen molar-refractivity contribution in [1.29, 1.82) is 0 Å². The van der Waals surface area contributed by atoms with E-state index < -0.39 is 0 Å². The Labute approximate surface area is 101 Å². The van der Waals surface area contributed by atoms with Crippen LogP contribution in [-0.4, -0.2) is 25.3 Å². The van der Waals surface area contributed by atoms with Gasteiger partial charge in [0.2, 0.25) is 0 Å². The second-order valence-corrected chi connectivity index (χ2v) is 5.30. The quantitative estimate of drug-likeness (QED) is 0.757. The fourth-order valence-corrected chi connectivity index (χ4v) is 1.92. The molecule has 1 aliphatic heterocycles. The van der Waals surface area contributed by atoms with Crippen molar-refractivity contribution in [2.75, 3.05) is 19.7 Å². The maximum absolute atomic E-state index is 5.70. The molecular formula is C12H26ClNO. The van der Waals surface area contributed by atoms with E-state index in [4.69, 9.17) is 4.74 Å². The molecule has 1 N–H and O–H groups in total. The van der Waals surface area contributed by atoms with Gasteiger partial charge in [-0.1, -0.05) is 0 Å². The zero-order valence-electron chi connectivity index (χ0n) is 10.3. The fraction of sp³-hybridized carbons (Fsp3) is 1.00. The molecule has 1 fully saturated rings. The lowest BCUT2D eigenvalue weighted by Gasteiger charge is -2.24. The standard InChI is InChI=1S/C12H25NO.ClH/c1-12(2,3)14-10-4-5-11-6-8-13-9-7-11;/h11,13H,4-10H2,1-3H3;1H. The van der Waals surface area contributed by atoms with Gasteiger partial charge in [-0.3, -0.25) is 0 Å². The van der Waals surface area contributed by atoms with Crippen molar-refractivity contribution < 1.29 is 4.74 Å². The average Bonchev–Trinajstić information content (AvgIpc) is 2.13. The van der Waals surface area contributed by atoms with Gasteiger partial charge in [-0.15, -0.1) is 12.4 Å². The van der Waals surface area contributed by atoms with Crippen LogP contribution < -0.4 is 5.32 Å². The summed E-state index contributed by atoms with van der Waals surface area (Å²) in [5.41, 5.74) is 0.0358. The van der Waals surface area contributed by atoms with Gasteiger partial charge < -0.3 is 10.1 Å². The van der Waals surface area contributed by atoms with Crippen LogP contribution in [0.1, 0.15) is 46.5 Å². The maximum Gasteiger partial charge on any atom is 0.0598 e. The second-order valence-electron chi connectivity index (χ2n) is 5.30. The highest BCUT2D eigenvalue weighted by molar-refractivity contribution is 5.85. The molecule has 3 heteroatoms. The first-order valence-electron chi connectivity index (χ1n) is 5.92. The summed E-state index contributed by atoms with van der Waals surface area (Å²) in [6, 6.07) is 0. The van der Waals surface area contributed by atoms with Crippen LogP contribution in [-0.2, 0) is 4.74 Å². The van der Waals surface area contributed by atoms with Crippen molar-refractivity contribution in [2.24, 2.45) is 5.92 Å². The van der Waals surface area contributed by atoms with Crippen molar-refractivity contribution in [3.8, 4) is 0 Å². The van der Waals surface area contributed by atoms with Crippen molar-refractivity contribution >= 4 is 12.4 Å². The number of hydrogen-bond acceptors (Lipinski definition) is 2. The first-order chi connectivity index (χ1) is 6.58. The summed E-state index contributed by atoms with van der Waals surface area (Å²) in [7, 11) is 0. The van der Waals surface area contributed by atoms with E-state index in [0.717, 1.165) is 12.5 Å². The van der Waals surface area contributed by atoms with Crippen LogP contribution in [0.3, 0.4) is 0 Å². The summed E-state index contributed by atoms with van der Waals surface area (Å²) < 4.78 is 5.70. The number of halogens is 1. The Balaban J connectivity index is 0.00000196. The molecule has 1 heterocycles. The molecule has 0 unspecified atom stereocenters. The first kappa shape index (κ1) is 15.2. The lowest BCUT2D eigenvalue weighted by atomic mass is 9.93. The van der Waals surface area contributed by atoms with Gasteiger partial charge in [0.25, 0.3) is 0 Å². The summed E-state index contributed by atoms with van der Waals surface area (Å²) >= 11 is 0. The molecule has 0 amide bonds. The highest BCUT2D eigenvalue weighted by Crippen LogP contribution is 2.18. The third-order valence-corrected chi connectivity index (χ3v) is 2.75. The molecule has 0 bridgehead atoms. The van der Waals surface area contributed by atoms with Gasteiger partial charge in [0.1, 0.15) is 0 Å². The summed E-state index contributed by atoms with van der Waals surface area (Å²) in [6.45, 7) is 9.72. The van der Waals surface area contributed by atoms with Gasteiger partial charge >= 0.3 is 0 Å². The third-order valence-electron chi connectivity index (χ3n) is 2.75. The van der Waals surface area contributed by atoms with E-state index in [2.05, 4.69) is 26.1 Å². The van der Waals surface area contributed by atoms with Crippen molar-refractivity contribution in [1.82, 2.24) is 5.32 Å². The Kier molecular flexibility index (Phi) is 7.58. The minimum Gasteiger partial charge on any atom is -0.376 e. The molecule has 0 aromatic heterocycles. The van der Waals surface area contributed by atoms with Crippen LogP contribution in [0.5, 0.6) is 0 Å². The number of nitrogens with one attached hydrogen (secondary N) is 1. The minimum atomic E-state index is 0. The van der Waals surface area contributed by atoms with Crippen molar-refractivity contribution in [3.05, 3.63) is 0 Å². The van der Waals surface area contributed by atoms with Crippen LogP contribution >= 0.6 is 12.4 Å². The SMILES string of the molecule is CC(C)(C)OCCCC1CCNCC1.Cl. The van der Waals surface area contributed by atoms with E-state index >= 15 is 0 Å². The van der Waals surface area contributed by atoms with Crippen LogP contribution in [0, 0.1) is 5.92 Å². The second kappa shape index (κ2) is 7.48. The summed E-state index contributed by atoms with van der Waals surface area (Å²) in [5.74, 6) is 0.944. The number of ether oxygens (including phenoxy) is 1. The summed E-state index contributed by atoms with van der Waals surface area (Å²) in [5, 5.41) is 3.40. The van der Waals surface area contributed by atoms with E-state index in [9.17, 15) is 0 Å². The predicted octanol–water partition coefficient (Wildman–Crippen LogP) is 3.00. The highest BCUT2D eigenvalue weighted by Gasteiger charge is 2.13. The van der Waals surface area contributed by atoms with Gasteiger partial charge in [0, 0.05) is 6.61 Å². The predicted molar refractivity (Wildman–Crippen MR) is 67.8 cm³/mol. The van der Waals surface area contributed by atoms with Crippen LogP contribution in [0.15, 0.2) is 0 Å². The van der Waals surface area contributed by atoms with Crippen LogP contribution in [0.25, 0.3) is 0 Å². The number of piperidine rings is 1. The Morgan fingerprint density at radius 1 is 1.20 bits per heavy atom. The first-order valence-corrected chi connectivity index (χ1v) is 5.92. The molecule has 0 aromatic carbocycles. The summed E-state index contributed by atoms with van der Waals surface area (Å²) in [6.07, 6.45) is 5.28. The van der Waals surface area contributed by atoms with Gasteiger partial charge in [-0.2, -0.15) is 0 Å². The van der Waals surface area contributed by atoms with E-state index in [0.29, 0.717) is 0 Å². The zero-order chi connectivity index (χ0) is 10.4. The molecule has 0 spiro atoms. The topological polar surface area (TPSA) is 21.3 Å². The van der Waals surface area contributed by atoms with Gasteiger partial charge in [0.05, 0.1) is 5.60 Å². The van der Waals surface area contributed by atoms with E-state index in [1.54, 1.807) is 0 Å². The molecule has 1 rings (SSSR count). The Morgan fingerprint density at radius 2 is 1.80 bits per heavy atom. The van der Waals surface area contributed by atoms with Gasteiger partial charge in [-0.05, 0) is 65.5 Å². The molecule has 1 saturated heterocycles. The Hall–Kier alpha value is 0.210. The number of hydrogen-bond donors (Lipinski definition) is 1. The largest absolute Gasteiger partial charge is 0.376 e. The minimum absolute atomic E-state index is 0. The monoisotopic (exact) mass is 235 g/mol. The normalized spacial score (nSPS) is 18.6. The van der Waals surface area contributed by atoms with E-state index in [1.165, 1.54) is 38.8 Å². The van der Waals surface area contributed by atoms with Crippen LogP contribution in [0.4, 0.5) is 0 Å². The lowest BCUT2D eigenvalue weighted by molar-refractivity contribution is -0.00626. The molecule has 0 radical (unpaired) electrons. The van der Waals surface area contributed by atoms with Crippen molar-refractivity contribution in [3.63, 3.8) is 0 Å². The maximum atomic E-state index is 5.70. The van der Waals surface area contributed by atoms with Gasteiger partial charge in [0.15, 0.2) is 0 Å². The molecule has 2 nitrogen and oxygen atoms in total. The molecular weight excluding hydrogens is 210 g/mol. The number of rotatable bonds is 4. The molecule has 92 valence electrons. The zero-order valence-corrected chi connectivity index (χ0v) is 11.2. The Morgan fingerprint density at radius 3 is 2.33 bits per heavy atom. The fourth-order valence-electron chi connectivity index (χ4n) is 1.92. The van der Waals surface area contributed by atoms with Crippen LogP contribution in [0.2, 0.25) is 0 Å². The average molecular weight is 236 g/mol. The Bertz CT molecular complexity index is 150. The van der Waals surface area contributed by atoms with E-state index in [1.807, 2.05) is 0 Å². The molecule has 0 aromatic rings. The third kappa shape index (κ3) is 8.06. The molecule has 15 heavy (non-hydrogen) atoms. The molecule has 0 aliphatic carbocycles. The van der Waals surface area contributed by atoms with Gasteiger partial charge in [-0.25, -0.2) is 0 Å². The smallest absolute Gasteiger partial charge is 0.0598 e. The van der Waals surface area contributed by atoms with E-state index in [-0.39, 0.29) is 18.0 Å². The molecule has 0 atom stereocenters. The van der Waals surface area contributed by atoms with Crippen molar-refractivity contribution in [2.45, 2.75) is 52.1 Å². The lowest BCUT2D eigenvalue weighted by Crippen LogP contribution is -2.28. The summed E-state index contributed by atoms with van der Waals surface area (Å²) in [4.78, 5) is 0. The highest BCUT2D eigenvalue weighted by atomic mass is 35.5. The molecule has 1 aliphatic rings.